The molecule has 2 aromatic rings. The zero-order chi connectivity index (χ0) is 14.5. The Hall–Kier alpha value is -2.40. The quantitative estimate of drug-likeness (QED) is 0.841. The first-order valence-corrected chi connectivity index (χ1v) is 6.08. The summed E-state index contributed by atoms with van der Waals surface area (Å²) >= 11 is 0. The molecule has 0 atom stereocenters. The molecule has 0 saturated carbocycles. The standard InChI is InChI=1S/C15H15FN2O2/c1-20-15(19)11-3-5-12(6-4-11)18-14-7-2-10(9-17)8-13(14)16/h2-8,18H,9,17H2,1H3. The van der Waals surface area contributed by atoms with Crippen LogP contribution in [-0.2, 0) is 11.3 Å². The number of carbonyl (C=O) groups is 1. The Bertz CT molecular complexity index is 612. The summed E-state index contributed by atoms with van der Waals surface area (Å²) in [5, 5.41) is 2.94. The average Bonchev–Trinajstić information content (AvgIpc) is 2.49. The maximum Gasteiger partial charge on any atom is 0.337 e. The SMILES string of the molecule is COC(=O)c1ccc(Nc2ccc(CN)cc2F)cc1. The fraction of sp³-hybridized carbons (Fsp3) is 0.133. The summed E-state index contributed by atoms with van der Waals surface area (Å²) in [6.07, 6.45) is 0. The molecule has 0 radical (unpaired) electrons. The van der Waals surface area contributed by atoms with Crippen molar-refractivity contribution in [3.05, 3.63) is 59.4 Å². The Balaban J connectivity index is 2.16. The number of hydrogen-bond donors (Lipinski definition) is 2. The van der Waals surface area contributed by atoms with Gasteiger partial charge >= 0.3 is 5.97 Å². The third-order valence-electron chi connectivity index (χ3n) is 2.85. The summed E-state index contributed by atoms with van der Waals surface area (Å²) in [5.74, 6) is -0.778. The van der Waals surface area contributed by atoms with Gasteiger partial charge in [0, 0.05) is 12.2 Å². The van der Waals surface area contributed by atoms with Crippen LogP contribution in [0.25, 0.3) is 0 Å². The lowest BCUT2D eigenvalue weighted by molar-refractivity contribution is 0.0601. The zero-order valence-corrected chi connectivity index (χ0v) is 11.0. The molecule has 3 N–H and O–H groups in total. The van der Waals surface area contributed by atoms with E-state index in [-0.39, 0.29) is 5.82 Å². The van der Waals surface area contributed by atoms with E-state index in [0.29, 0.717) is 23.5 Å². The number of esters is 1. The van der Waals surface area contributed by atoms with E-state index in [2.05, 4.69) is 10.1 Å². The molecule has 0 aliphatic heterocycles. The number of nitrogens with one attached hydrogen (secondary N) is 1. The Labute approximate surface area is 116 Å². The lowest BCUT2D eigenvalue weighted by atomic mass is 10.1. The summed E-state index contributed by atoms with van der Waals surface area (Å²) in [6, 6.07) is 11.4. The minimum absolute atomic E-state index is 0.297. The molecule has 5 heteroatoms. The smallest absolute Gasteiger partial charge is 0.337 e. The second kappa shape index (κ2) is 6.16. The molecule has 20 heavy (non-hydrogen) atoms. The van der Waals surface area contributed by atoms with Crippen LogP contribution in [0.4, 0.5) is 15.8 Å². The lowest BCUT2D eigenvalue weighted by Gasteiger charge is -2.09. The molecule has 2 aromatic carbocycles. The number of benzene rings is 2. The molecule has 0 heterocycles. The van der Waals surface area contributed by atoms with Crippen molar-refractivity contribution in [2.75, 3.05) is 12.4 Å². The van der Waals surface area contributed by atoms with Crippen LogP contribution in [0.3, 0.4) is 0 Å². The van der Waals surface area contributed by atoms with Crippen LogP contribution in [0.1, 0.15) is 15.9 Å². The predicted molar refractivity (Wildman–Crippen MR) is 75.4 cm³/mol. The van der Waals surface area contributed by atoms with Crippen LogP contribution < -0.4 is 11.1 Å². The maximum absolute atomic E-state index is 13.8. The van der Waals surface area contributed by atoms with Gasteiger partial charge in [-0.05, 0) is 42.0 Å². The molecule has 0 spiro atoms. The maximum atomic E-state index is 13.8. The number of hydrogen-bond acceptors (Lipinski definition) is 4. The van der Waals surface area contributed by atoms with Crippen molar-refractivity contribution in [1.82, 2.24) is 0 Å². The van der Waals surface area contributed by atoms with Crippen LogP contribution in [-0.4, -0.2) is 13.1 Å². The average molecular weight is 274 g/mol. The summed E-state index contributed by atoms with van der Waals surface area (Å²) < 4.78 is 18.4. The molecular formula is C15H15FN2O2. The van der Waals surface area contributed by atoms with Crippen molar-refractivity contribution < 1.29 is 13.9 Å². The van der Waals surface area contributed by atoms with E-state index in [1.165, 1.54) is 13.2 Å². The summed E-state index contributed by atoms with van der Waals surface area (Å²) in [6.45, 7) is 0.297. The van der Waals surface area contributed by atoms with Crippen LogP contribution >= 0.6 is 0 Å². The Morgan fingerprint density at radius 1 is 1.25 bits per heavy atom. The van der Waals surface area contributed by atoms with Gasteiger partial charge in [-0.15, -0.1) is 0 Å². The molecule has 0 aliphatic carbocycles. The van der Waals surface area contributed by atoms with Gasteiger partial charge in [-0.1, -0.05) is 6.07 Å². The largest absolute Gasteiger partial charge is 0.465 e. The summed E-state index contributed by atoms with van der Waals surface area (Å²) in [7, 11) is 1.32. The number of anilines is 2. The molecule has 0 fully saturated rings. The Kier molecular flexibility index (Phi) is 4.32. The highest BCUT2D eigenvalue weighted by molar-refractivity contribution is 5.89. The fourth-order valence-electron chi connectivity index (χ4n) is 1.75. The van der Waals surface area contributed by atoms with E-state index < -0.39 is 5.97 Å². The van der Waals surface area contributed by atoms with Gasteiger partial charge in [-0.3, -0.25) is 0 Å². The Morgan fingerprint density at radius 3 is 2.50 bits per heavy atom. The van der Waals surface area contributed by atoms with Gasteiger partial charge in [0.2, 0.25) is 0 Å². The minimum Gasteiger partial charge on any atom is -0.465 e. The van der Waals surface area contributed by atoms with Gasteiger partial charge in [0.1, 0.15) is 5.82 Å². The van der Waals surface area contributed by atoms with Crippen molar-refractivity contribution in [2.24, 2.45) is 5.73 Å². The van der Waals surface area contributed by atoms with Gasteiger partial charge < -0.3 is 15.8 Å². The molecular weight excluding hydrogens is 259 g/mol. The highest BCUT2D eigenvalue weighted by atomic mass is 19.1. The lowest BCUT2D eigenvalue weighted by Crippen LogP contribution is -2.02. The van der Waals surface area contributed by atoms with E-state index >= 15 is 0 Å². The second-order valence-electron chi connectivity index (χ2n) is 4.21. The van der Waals surface area contributed by atoms with Crippen molar-refractivity contribution in [3.63, 3.8) is 0 Å². The first-order valence-electron chi connectivity index (χ1n) is 6.08. The fourth-order valence-corrected chi connectivity index (χ4v) is 1.75. The van der Waals surface area contributed by atoms with Gasteiger partial charge in [-0.2, -0.15) is 0 Å². The van der Waals surface area contributed by atoms with Crippen molar-refractivity contribution in [3.8, 4) is 0 Å². The van der Waals surface area contributed by atoms with Crippen LogP contribution in [0.15, 0.2) is 42.5 Å². The first kappa shape index (κ1) is 14.0. The predicted octanol–water partition coefficient (Wildman–Crippen LogP) is 2.81. The number of carbonyl (C=O) groups excluding carboxylic acids is 1. The second-order valence-corrected chi connectivity index (χ2v) is 4.21. The number of halogens is 1. The van der Waals surface area contributed by atoms with Crippen molar-refractivity contribution in [2.45, 2.75) is 6.54 Å². The van der Waals surface area contributed by atoms with Gasteiger partial charge in [-0.25, -0.2) is 9.18 Å². The van der Waals surface area contributed by atoms with Gasteiger partial charge in [0.15, 0.2) is 0 Å². The van der Waals surface area contributed by atoms with E-state index in [4.69, 9.17) is 5.73 Å². The van der Waals surface area contributed by atoms with Crippen LogP contribution in [0.5, 0.6) is 0 Å². The molecule has 4 nitrogen and oxygen atoms in total. The molecule has 0 aromatic heterocycles. The third kappa shape index (κ3) is 3.13. The summed E-state index contributed by atoms with van der Waals surface area (Å²) in [4.78, 5) is 11.3. The van der Waals surface area contributed by atoms with E-state index in [9.17, 15) is 9.18 Å². The third-order valence-corrected chi connectivity index (χ3v) is 2.85. The van der Waals surface area contributed by atoms with E-state index in [0.717, 1.165) is 5.56 Å². The number of rotatable bonds is 4. The number of methoxy groups -OCH3 is 1. The Morgan fingerprint density at radius 2 is 1.95 bits per heavy atom. The first-order chi connectivity index (χ1) is 9.63. The number of ether oxygens (including phenoxy) is 1. The highest BCUT2D eigenvalue weighted by Crippen LogP contribution is 2.21. The van der Waals surface area contributed by atoms with Gasteiger partial charge in [0.25, 0.3) is 0 Å². The van der Waals surface area contributed by atoms with Crippen molar-refractivity contribution >= 4 is 17.3 Å². The molecule has 0 bridgehead atoms. The molecule has 0 unspecified atom stereocenters. The molecule has 2 rings (SSSR count). The van der Waals surface area contributed by atoms with E-state index in [1.807, 2.05) is 0 Å². The van der Waals surface area contributed by atoms with Crippen molar-refractivity contribution in [1.29, 1.82) is 0 Å². The molecule has 104 valence electrons. The molecule has 0 amide bonds. The summed E-state index contributed by atoms with van der Waals surface area (Å²) in [5.41, 5.74) is 7.65. The molecule has 0 saturated heterocycles. The van der Waals surface area contributed by atoms with Crippen LogP contribution in [0, 0.1) is 5.82 Å². The highest BCUT2D eigenvalue weighted by Gasteiger charge is 2.06. The monoisotopic (exact) mass is 274 g/mol. The van der Waals surface area contributed by atoms with Gasteiger partial charge in [0.05, 0.1) is 18.4 Å². The zero-order valence-electron chi connectivity index (χ0n) is 11.0. The molecule has 0 aliphatic rings. The van der Waals surface area contributed by atoms with Crippen LogP contribution in [0.2, 0.25) is 0 Å². The normalized spacial score (nSPS) is 10.2. The number of nitrogens with two attached hydrogens (primary N) is 1. The topological polar surface area (TPSA) is 64.3 Å². The minimum atomic E-state index is -0.407. The van der Waals surface area contributed by atoms with E-state index in [1.54, 1.807) is 36.4 Å².